The van der Waals surface area contributed by atoms with Crippen molar-refractivity contribution in [1.82, 2.24) is 0 Å². The molecule has 0 aliphatic carbocycles. The fourth-order valence-electron chi connectivity index (χ4n) is 0.555. The lowest BCUT2D eigenvalue weighted by Gasteiger charge is -2.28. The summed E-state index contributed by atoms with van der Waals surface area (Å²) < 4.78 is 104. The SMILES string of the molecule is O=C(OS(=O)(=O)OF)C(F)(C(F)(F)F)C(F)(F)I. The summed E-state index contributed by atoms with van der Waals surface area (Å²) in [6.07, 6.45) is -6.51. The quantitative estimate of drug-likeness (QED) is 0.396. The molecule has 0 aromatic rings. The van der Waals surface area contributed by atoms with E-state index < -0.39 is 54.7 Å². The standard InChI is InChI=1S/C4F7IO5S/c5-2(3(6,7)8,4(9,10)12)1(13)16-18(14,15)17-11. The molecule has 0 heterocycles. The molecule has 0 bridgehead atoms. The minimum Gasteiger partial charge on any atom is -0.319 e. The van der Waals surface area contributed by atoms with Crippen molar-refractivity contribution in [2.24, 2.45) is 0 Å². The lowest BCUT2D eigenvalue weighted by atomic mass is 10.1. The molecule has 0 aliphatic rings. The van der Waals surface area contributed by atoms with E-state index in [0.717, 1.165) is 0 Å². The van der Waals surface area contributed by atoms with Crippen molar-refractivity contribution >= 4 is 39.0 Å². The maximum absolute atomic E-state index is 13.1. The summed E-state index contributed by atoms with van der Waals surface area (Å²) in [5.41, 5.74) is -5.99. The van der Waals surface area contributed by atoms with Gasteiger partial charge in [0.2, 0.25) is 0 Å². The molecule has 108 valence electrons. The molecule has 0 aliphatic heterocycles. The highest BCUT2D eigenvalue weighted by Crippen LogP contribution is 2.49. The van der Waals surface area contributed by atoms with Crippen LogP contribution in [0.3, 0.4) is 0 Å². The van der Waals surface area contributed by atoms with Gasteiger partial charge in [0.1, 0.15) is 0 Å². The molecule has 5 nitrogen and oxygen atoms in total. The van der Waals surface area contributed by atoms with Crippen molar-refractivity contribution in [3.05, 3.63) is 0 Å². The Morgan fingerprint density at radius 1 is 1.06 bits per heavy atom. The monoisotopic (exact) mass is 420 g/mol. The van der Waals surface area contributed by atoms with Crippen molar-refractivity contribution in [3.63, 3.8) is 0 Å². The Hall–Kier alpha value is -0.380. The van der Waals surface area contributed by atoms with Crippen LogP contribution in [0.1, 0.15) is 0 Å². The first kappa shape index (κ1) is 17.6. The van der Waals surface area contributed by atoms with E-state index in [1.54, 1.807) is 0 Å². The number of carbonyl (C=O) groups is 1. The van der Waals surface area contributed by atoms with E-state index in [9.17, 15) is 44.1 Å². The number of hydrogen-bond acceptors (Lipinski definition) is 5. The zero-order chi connectivity index (χ0) is 15.0. The fourth-order valence-corrected chi connectivity index (χ4v) is 1.41. The summed E-state index contributed by atoms with van der Waals surface area (Å²) in [6, 6.07) is 0. The van der Waals surface area contributed by atoms with Crippen LogP contribution in [-0.4, -0.2) is 30.2 Å². The number of alkyl halides is 7. The zero-order valence-corrected chi connectivity index (χ0v) is 10.4. The van der Waals surface area contributed by atoms with Gasteiger partial charge in [0.05, 0.1) is 0 Å². The number of rotatable bonds is 4. The highest BCUT2D eigenvalue weighted by atomic mass is 127. The first-order chi connectivity index (χ1) is 7.69. The summed E-state index contributed by atoms with van der Waals surface area (Å²) in [5.74, 6) is -3.59. The minimum atomic E-state index is -6.51. The van der Waals surface area contributed by atoms with Gasteiger partial charge in [-0.3, -0.25) is 0 Å². The zero-order valence-electron chi connectivity index (χ0n) is 7.47. The van der Waals surface area contributed by atoms with E-state index in [4.69, 9.17) is 0 Å². The molecular weight excluding hydrogens is 420 g/mol. The van der Waals surface area contributed by atoms with Gasteiger partial charge in [0.25, 0.3) is 0 Å². The molecule has 0 amide bonds. The Kier molecular flexibility index (Phi) is 4.85. The molecule has 0 aromatic carbocycles. The molecule has 1 unspecified atom stereocenters. The third kappa shape index (κ3) is 3.34. The molecule has 0 radical (unpaired) electrons. The second kappa shape index (κ2) is 4.95. The molecule has 14 heteroatoms. The van der Waals surface area contributed by atoms with Gasteiger partial charge in [-0.2, -0.15) is 30.4 Å². The lowest BCUT2D eigenvalue weighted by molar-refractivity contribution is -0.268. The van der Waals surface area contributed by atoms with Crippen LogP contribution in [-0.2, 0) is 23.8 Å². The molecule has 0 saturated heterocycles. The molecule has 0 N–H and O–H groups in total. The number of carbonyl (C=O) groups excluding carboxylic acids is 1. The molecule has 18 heavy (non-hydrogen) atoms. The number of hydrogen-bond donors (Lipinski definition) is 0. The van der Waals surface area contributed by atoms with Crippen LogP contribution in [0.4, 0.5) is 30.9 Å². The third-order valence-electron chi connectivity index (χ3n) is 1.32. The third-order valence-corrected chi connectivity index (χ3v) is 2.57. The van der Waals surface area contributed by atoms with E-state index in [-0.39, 0.29) is 0 Å². The normalized spacial score (nSPS) is 17.1. The van der Waals surface area contributed by atoms with Crippen LogP contribution < -0.4 is 0 Å². The van der Waals surface area contributed by atoms with Gasteiger partial charge in [0.15, 0.2) is 0 Å². The van der Waals surface area contributed by atoms with Crippen LogP contribution in [0, 0.1) is 0 Å². The second-order valence-electron chi connectivity index (χ2n) is 2.50. The summed E-state index contributed by atoms with van der Waals surface area (Å²) in [5, 5.41) is 0. The van der Waals surface area contributed by atoms with E-state index in [2.05, 4.69) is 4.18 Å². The lowest BCUT2D eigenvalue weighted by Crippen LogP contribution is -2.59. The molecular formula is C4F7IO5S. The van der Waals surface area contributed by atoms with Crippen LogP contribution in [0.2, 0.25) is 0 Å². The van der Waals surface area contributed by atoms with Gasteiger partial charge in [-0.25, -0.2) is 9.18 Å². The molecule has 0 rings (SSSR count). The van der Waals surface area contributed by atoms with Crippen molar-refractivity contribution in [3.8, 4) is 0 Å². The van der Waals surface area contributed by atoms with Gasteiger partial charge < -0.3 is 4.18 Å². The molecule has 0 fully saturated rings. The minimum absolute atomic E-state index is 0.399. The highest BCUT2D eigenvalue weighted by Gasteiger charge is 2.77. The topological polar surface area (TPSA) is 69.7 Å². The van der Waals surface area contributed by atoms with Gasteiger partial charge in [0, 0.05) is 22.6 Å². The Bertz CT molecular complexity index is 410. The Morgan fingerprint density at radius 2 is 1.44 bits per heavy atom. The van der Waals surface area contributed by atoms with Crippen LogP contribution >= 0.6 is 22.6 Å². The summed E-state index contributed by atoms with van der Waals surface area (Å²) in [7, 11) is -6.02. The average Bonchev–Trinajstić information content (AvgIpc) is 2.12. The van der Waals surface area contributed by atoms with Gasteiger partial charge >= 0.3 is 32.1 Å². The van der Waals surface area contributed by atoms with E-state index in [1.165, 1.54) is 0 Å². The Labute approximate surface area is 108 Å². The van der Waals surface area contributed by atoms with E-state index in [0.29, 0.717) is 0 Å². The predicted octanol–water partition coefficient (Wildman–Crippen LogP) is 1.97. The predicted molar refractivity (Wildman–Crippen MR) is 46.1 cm³/mol. The van der Waals surface area contributed by atoms with Gasteiger partial charge in [-0.1, -0.05) is 0 Å². The largest absolute Gasteiger partial charge is 0.483 e. The van der Waals surface area contributed by atoms with E-state index in [1.807, 2.05) is 4.39 Å². The van der Waals surface area contributed by atoms with Crippen LogP contribution in [0.25, 0.3) is 0 Å². The second-order valence-corrected chi connectivity index (χ2v) is 4.96. The van der Waals surface area contributed by atoms with Crippen LogP contribution in [0.5, 0.6) is 0 Å². The average molecular weight is 420 g/mol. The first-order valence-electron chi connectivity index (χ1n) is 3.30. The van der Waals surface area contributed by atoms with Crippen molar-refractivity contribution in [2.75, 3.05) is 0 Å². The van der Waals surface area contributed by atoms with Crippen LogP contribution in [0.15, 0.2) is 0 Å². The van der Waals surface area contributed by atoms with E-state index >= 15 is 0 Å². The van der Waals surface area contributed by atoms with Crippen molar-refractivity contribution in [2.45, 2.75) is 15.8 Å². The summed E-state index contributed by atoms with van der Waals surface area (Å²) in [6.45, 7) is 0. The smallest absolute Gasteiger partial charge is 0.319 e. The van der Waals surface area contributed by atoms with Gasteiger partial charge in [-0.15, -0.1) is 0 Å². The maximum Gasteiger partial charge on any atom is 0.483 e. The summed E-state index contributed by atoms with van der Waals surface area (Å²) in [4.78, 5) is 10.5. The maximum atomic E-state index is 13.1. The first-order valence-corrected chi connectivity index (χ1v) is 5.71. The van der Waals surface area contributed by atoms with Crippen molar-refractivity contribution in [1.29, 1.82) is 0 Å². The fraction of sp³-hybridized carbons (Fsp3) is 0.750. The number of halogens is 8. The molecule has 0 saturated carbocycles. The summed E-state index contributed by atoms with van der Waals surface area (Å²) >= 11 is -0.399. The van der Waals surface area contributed by atoms with Crippen molar-refractivity contribution < 1.29 is 52.7 Å². The Morgan fingerprint density at radius 3 is 1.67 bits per heavy atom. The van der Waals surface area contributed by atoms with Gasteiger partial charge in [-0.05, 0) is 8.91 Å². The molecule has 1 atom stereocenters. The highest BCUT2D eigenvalue weighted by molar-refractivity contribution is 14.1. The Balaban J connectivity index is 5.61. The molecule has 0 aromatic heterocycles. The molecule has 0 spiro atoms.